The molecule has 3 aromatic heterocycles. The van der Waals surface area contributed by atoms with Gasteiger partial charge in [-0.05, 0) is 37.1 Å². The van der Waals surface area contributed by atoms with Gasteiger partial charge in [0.25, 0.3) is 0 Å². The Morgan fingerprint density at radius 1 is 1.02 bits per heavy atom. The molecule has 5 aromatic rings. The van der Waals surface area contributed by atoms with Crippen LogP contribution in [0.1, 0.15) is 44.4 Å². The molecule has 9 nitrogen and oxygen atoms in total. The number of piperidine rings is 1. The normalized spacial score (nSPS) is 18.0. The number of ether oxygens (including phenoxy) is 2. The molecule has 6 rings (SSSR count). The van der Waals surface area contributed by atoms with E-state index in [1.54, 1.807) is 31.5 Å². The molecule has 1 aliphatic rings. The number of imidazole rings is 2. The highest BCUT2D eigenvalue weighted by molar-refractivity contribution is 5.85. The molecule has 1 fully saturated rings. The molecule has 0 bridgehead atoms. The summed E-state index contributed by atoms with van der Waals surface area (Å²) in [7, 11) is 3.08. The number of methoxy groups -OCH3 is 2. The van der Waals surface area contributed by atoms with Crippen LogP contribution in [-0.2, 0) is 12.7 Å². The number of halogens is 3. The zero-order chi connectivity index (χ0) is 31.0. The number of nitrogens with zero attached hydrogens (tertiary/aromatic N) is 5. The molecule has 2 N–H and O–H groups in total. The van der Waals surface area contributed by atoms with Gasteiger partial charge in [0.2, 0.25) is 11.7 Å². The Morgan fingerprint density at radius 3 is 2.59 bits per heavy atom. The van der Waals surface area contributed by atoms with Crippen molar-refractivity contribution in [2.24, 2.45) is 0 Å². The lowest BCUT2D eigenvalue weighted by molar-refractivity contribution is -0.147. The summed E-state index contributed by atoms with van der Waals surface area (Å²) in [6, 6.07) is 15.0. The summed E-state index contributed by atoms with van der Waals surface area (Å²) >= 11 is 0. The molecule has 0 unspecified atom stereocenters. The lowest BCUT2D eigenvalue weighted by Gasteiger charge is -2.39. The van der Waals surface area contributed by atoms with Crippen LogP contribution in [0.15, 0.2) is 54.7 Å². The number of hydrogen-bond donors (Lipinski definition) is 2. The number of H-pyrrole nitrogens is 1. The lowest BCUT2D eigenvalue weighted by atomic mass is 9.96. The summed E-state index contributed by atoms with van der Waals surface area (Å²) in [4.78, 5) is 19.1. The van der Waals surface area contributed by atoms with Crippen molar-refractivity contribution < 1.29 is 22.6 Å². The van der Waals surface area contributed by atoms with Gasteiger partial charge in [0.15, 0.2) is 0 Å². The molecular weight excluding hydrogens is 571 g/mol. The minimum absolute atomic E-state index is 0.104. The Bertz CT molecular complexity index is 1760. The maximum atomic E-state index is 14.1. The summed E-state index contributed by atoms with van der Waals surface area (Å²) in [5.74, 6) is 0.803. The maximum Gasteiger partial charge on any atom is 0.449 e. The SMILES string of the molecule is COc1ccc2nc(C(F)(F)F)n(CCN3CC[C@H](NC(C)C)C[C@H]3c3ncc(-c4cc5ccccc5nc4OC)[nH]3)c2c1. The van der Waals surface area contributed by atoms with Crippen molar-refractivity contribution in [2.45, 2.75) is 57.5 Å². The standard InChI is InChI=1S/C32H36F3N7O2/c1-19(2)37-21-11-12-41(13-14-42-27-17-22(43-3)9-10-25(27)40-31(42)32(33,34)35)28(16-21)29-36-18-26(38-29)23-15-20-7-5-6-8-24(20)39-30(23)44-4/h5-10,15,17-19,21,28,37H,11-14,16H2,1-4H3,(H,36,38)/t21-,28-/m0/s1. The quantitative estimate of drug-likeness (QED) is 0.206. The smallest absolute Gasteiger partial charge is 0.449 e. The van der Waals surface area contributed by atoms with E-state index in [1.165, 1.54) is 11.7 Å². The first-order valence-corrected chi connectivity index (χ1v) is 14.7. The molecule has 0 radical (unpaired) electrons. The summed E-state index contributed by atoms with van der Waals surface area (Å²) in [5, 5.41) is 4.61. The Balaban J connectivity index is 1.32. The van der Waals surface area contributed by atoms with Crippen LogP contribution >= 0.6 is 0 Å². The zero-order valence-corrected chi connectivity index (χ0v) is 25.2. The van der Waals surface area contributed by atoms with Gasteiger partial charge in [0.05, 0.1) is 54.3 Å². The topological polar surface area (TPSA) is 93.1 Å². The average molecular weight is 608 g/mol. The van der Waals surface area contributed by atoms with Gasteiger partial charge in [0.1, 0.15) is 11.6 Å². The van der Waals surface area contributed by atoms with Gasteiger partial charge in [-0.2, -0.15) is 13.2 Å². The summed E-state index contributed by atoms with van der Waals surface area (Å²) < 4.78 is 54.5. The number of likely N-dealkylation sites (tertiary alicyclic amines) is 1. The highest BCUT2D eigenvalue weighted by Crippen LogP contribution is 2.36. The first-order valence-electron chi connectivity index (χ1n) is 14.7. The van der Waals surface area contributed by atoms with Crippen molar-refractivity contribution in [3.63, 3.8) is 0 Å². The number of aromatic nitrogens is 5. The molecule has 4 heterocycles. The van der Waals surface area contributed by atoms with Crippen LogP contribution < -0.4 is 14.8 Å². The predicted molar refractivity (Wildman–Crippen MR) is 163 cm³/mol. The molecule has 2 aromatic carbocycles. The first-order chi connectivity index (χ1) is 21.1. The third-order valence-electron chi connectivity index (χ3n) is 8.19. The van der Waals surface area contributed by atoms with Crippen molar-refractivity contribution in [2.75, 3.05) is 27.3 Å². The van der Waals surface area contributed by atoms with Crippen molar-refractivity contribution in [1.29, 1.82) is 0 Å². The molecule has 2 atom stereocenters. The molecule has 0 amide bonds. The molecule has 1 saturated heterocycles. The number of nitrogens with one attached hydrogen (secondary N) is 2. The fourth-order valence-electron chi connectivity index (χ4n) is 6.18. The highest BCUT2D eigenvalue weighted by atomic mass is 19.4. The van der Waals surface area contributed by atoms with Crippen molar-refractivity contribution in [1.82, 2.24) is 34.7 Å². The second-order valence-electron chi connectivity index (χ2n) is 11.5. The highest BCUT2D eigenvalue weighted by Gasteiger charge is 2.38. The third-order valence-corrected chi connectivity index (χ3v) is 8.19. The molecule has 0 aliphatic carbocycles. The Kier molecular flexibility index (Phi) is 8.21. The van der Waals surface area contributed by atoms with Crippen molar-refractivity contribution in [3.8, 4) is 22.9 Å². The largest absolute Gasteiger partial charge is 0.497 e. The number of aromatic amines is 1. The van der Waals surface area contributed by atoms with Gasteiger partial charge in [-0.25, -0.2) is 15.0 Å². The lowest BCUT2D eigenvalue weighted by Crippen LogP contribution is -2.47. The molecule has 0 spiro atoms. The predicted octanol–water partition coefficient (Wildman–Crippen LogP) is 6.21. The van der Waals surface area contributed by atoms with Gasteiger partial charge in [-0.1, -0.05) is 32.0 Å². The Hall–Kier alpha value is -4.16. The minimum Gasteiger partial charge on any atom is -0.497 e. The number of pyridine rings is 1. The van der Waals surface area contributed by atoms with E-state index in [4.69, 9.17) is 14.5 Å². The average Bonchev–Trinajstić information content (AvgIpc) is 3.64. The van der Waals surface area contributed by atoms with E-state index in [-0.39, 0.29) is 24.1 Å². The maximum absolute atomic E-state index is 14.1. The van der Waals surface area contributed by atoms with E-state index in [0.717, 1.165) is 40.8 Å². The summed E-state index contributed by atoms with van der Waals surface area (Å²) in [6.45, 7) is 5.41. The fraction of sp³-hybridized carbons (Fsp3) is 0.406. The number of fused-ring (bicyclic) bond motifs is 2. The van der Waals surface area contributed by atoms with Gasteiger partial charge >= 0.3 is 6.18 Å². The van der Waals surface area contributed by atoms with E-state index in [0.29, 0.717) is 36.3 Å². The monoisotopic (exact) mass is 607 g/mol. The number of rotatable bonds is 9. The molecule has 44 heavy (non-hydrogen) atoms. The van der Waals surface area contributed by atoms with Gasteiger partial charge in [-0.15, -0.1) is 0 Å². The first kappa shape index (κ1) is 29.9. The van der Waals surface area contributed by atoms with Crippen LogP contribution in [0.3, 0.4) is 0 Å². The molecule has 0 saturated carbocycles. The van der Waals surface area contributed by atoms with Crippen LogP contribution in [0.25, 0.3) is 33.2 Å². The van der Waals surface area contributed by atoms with Crippen LogP contribution in [0.4, 0.5) is 13.2 Å². The number of hydrogen-bond acceptors (Lipinski definition) is 7. The van der Waals surface area contributed by atoms with Crippen LogP contribution in [0.5, 0.6) is 11.6 Å². The third kappa shape index (κ3) is 5.96. The molecule has 232 valence electrons. The number of para-hydroxylation sites is 1. The zero-order valence-electron chi connectivity index (χ0n) is 25.2. The minimum atomic E-state index is -4.59. The van der Waals surface area contributed by atoms with E-state index in [1.807, 2.05) is 30.3 Å². The second-order valence-corrected chi connectivity index (χ2v) is 11.5. The van der Waals surface area contributed by atoms with E-state index in [9.17, 15) is 13.2 Å². The molecule has 1 aliphatic heterocycles. The summed E-state index contributed by atoms with van der Waals surface area (Å²) in [6.07, 6.45) is -1.19. The number of alkyl halides is 3. The van der Waals surface area contributed by atoms with Crippen molar-refractivity contribution >= 4 is 21.9 Å². The van der Waals surface area contributed by atoms with Gasteiger partial charge < -0.3 is 24.3 Å². The Morgan fingerprint density at radius 2 is 1.84 bits per heavy atom. The Labute approximate surface area is 253 Å². The van der Waals surface area contributed by atoms with Crippen molar-refractivity contribution in [3.05, 3.63) is 66.4 Å². The van der Waals surface area contributed by atoms with E-state index < -0.39 is 12.0 Å². The van der Waals surface area contributed by atoms with E-state index >= 15 is 0 Å². The van der Waals surface area contributed by atoms with Gasteiger partial charge in [-0.3, -0.25) is 4.90 Å². The molecular formula is C32H36F3N7O2. The van der Waals surface area contributed by atoms with E-state index in [2.05, 4.69) is 39.0 Å². The number of benzene rings is 2. The van der Waals surface area contributed by atoms with Crippen LogP contribution in [0.2, 0.25) is 0 Å². The summed E-state index contributed by atoms with van der Waals surface area (Å²) in [5.41, 5.74) is 3.06. The van der Waals surface area contributed by atoms with Crippen LogP contribution in [0, 0.1) is 0 Å². The van der Waals surface area contributed by atoms with Gasteiger partial charge in [0, 0.05) is 43.2 Å². The van der Waals surface area contributed by atoms with Crippen LogP contribution in [-0.4, -0.2) is 68.8 Å². The second kappa shape index (κ2) is 12.1. The fourth-order valence-corrected chi connectivity index (χ4v) is 6.18. The molecule has 12 heteroatoms.